The fourth-order valence-electron chi connectivity index (χ4n) is 2.99. The topological polar surface area (TPSA) is 100 Å². The van der Waals surface area contributed by atoms with Gasteiger partial charge in [0.15, 0.2) is 11.5 Å². The van der Waals surface area contributed by atoms with Gasteiger partial charge < -0.3 is 9.26 Å². The van der Waals surface area contributed by atoms with Gasteiger partial charge in [0.25, 0.3) is 0 Å². The second-order valence-corrected chi connectivity index (χ2v) is 6.34. The molecule has 0 bridgehead atoms. The van der Waals surface area contributed by atoms with E-state index in [0.29, 0.717) is 17.9 Å². The number of nitrogens with zero attached hydrogens (tertiary/aromatic N) is 4. The zero-order valence-corrected chi connectivity index (χ0v) is 14.8. The highest BCUT2D eigenvalue weighted by Crippen LogP contribution is 2.43. The number of carbonyl (C=O) groups excluding carboxylic acids is 2. The molecule has 0 atom stereocenters. The minimum atomic E-state index is -0.648. The lowest BCUT2D eigenvalue weighted by Crippen LogP contribution is -2.15. The third-order valence-corrected chi connectivity index (χ3v) is 4.42. The molecular weight excluding hydrogens is 348 g/mol. The van der Waals surface area contributed by atoms with Crippen molar-refractivity contribution in [2.24, 2.45) is 0 Å². The fourth-order valence-corrected chi connectivity index (χ4v) is 2.99. The van der Waals surface area contributed by atoms with Crippen LogP contribution in [-0.4, -0.2) is 38.3 Å². The van der Waals surface area contributed by atoms with Crippen molar-refractivity contribution in [1.82, 2.24) is 19.9 Å². The van der Waals surface area contributed by atoms with Gasteiger partial charge in [0.2, 0.25) is 5.69 Å². The summed E-state index contributed by atoms with van der Waals surface area (Å²) in [5.74, 6) is -0.345. The Morgan fingerprint density at radius 1 is 1.30 bits per heavy atom. The Kier molecular flexibility index (Phi) is 4.53. The standard InChI is InChI=1S/C19H18N4O4/c1-2-26-19(25)16-15(18(27-22-16)12-7-8-12)17(24)14-6-4-3-5-13(14)9-23-11-20-10-21-23/h3-6,10-12H,2,7-9H2,1H3. The number of esters is 1. The first-order valence-corrected chi connectivity index (χ1v) is 8.80. The van der Waals surface area contributed by atoms with Crippen LogP contribution in [0.25, 0.3) is 0 Å². The molecule has 3 aromatic rings. The smallest absolute Gasteiger partial charge is 0.361 e. The van der Waals surface area contributed by atoms with Crippen LogP contribution in [0.4, 0.5) is 0 Å². The van der Waals surface area contributed by atoms with Crippen LogP contribution in [0.1, 0.15) is 63.4 Å². The molecule has 8 nitrogen and oxygen atoms in total. The Balaban J connectivity index is 1.75. The lowest BCUT2D eigenvalue weighted by atomic mass is 9.95. The highest BCUT2D eigenvalue weighted by molar-refractivity contribution is 6.15. The van der Waals surface area contributed by atoms with E-state index < -0.39 is 5.97 Å². The number of benzene rings is 1. The number of ketones is 1. The molecule has 0 N–H and O–H groups in total. The van der Waals surface area contributed by atoms with Crippen molar-refractivity contribution in [3.05, 3.63) is 65.1 Å². The van der Waals surface area contributed by atoms with Crippen LogP contribution < -0.4 is 0 Å². The van der Waals surface area contributed by atoms with Gasteiger partial charge in [0.05, 0.1) is 13.2 Å². The monoisotopic (exact) mass is 366 g/mol. The van der Waals surface area contributed by atoms with Crippen LogP contribution in [-0.2, 0) is 11.3 Å². The lowest BCUT2D eigenvalue weighted by molar-refractivity contribution is 0.0512. The highest BCUT2D eigenvalue weighted by atomic mass is 16.5. The summed E-state index contributed by atoms with van der Waals surface area (Å²) in [7, 11) is 0. The van der Waals surface area contributed by atoms with Gasteiger partial charge in [-0.25, -0.2) is 14.5 Å². The molecule has 8 heteroatoms. The molecule has 0 aliphatic heterocycles. The first-order chi connectivity index (χ1) is 13.2. The van der Waals surface area contributed by atoms with Crippen molar-refractivity contribution in [2.45, 2.75) is 32.2 Å². The van der Waals surface area contributed by atoms with Gasteiger partial charge in [-0.15, -0.1) is 0 Å². The Bertz CT molecular complexity index is 974. The van der Waals surface area contributed by atoms with Gasteiger partial charge in [-0.05, 0) is 25.3 Å². The Morgan fingerprint density at radius 2 is 2.11 bits per heavy atom. The number of aromatic nitrogens is 4. The van der Waals surface area contributed by atoms with E-state index >= 15 is 0 Å². The Morgan fingerprint density at radius 3 is 2.81 bits per heavy atom. The predicted molar refractivity (Wildman–Crippen MR) is 93.4 cm³/mol. The van der Waals surface area contributed by atoms with Gasteiger partial charge >= 0.3 is 5.97 Å². The molecular formula is C19H18N4O4. The minimum absolute atomic E-state index is 0.0562. The third kappa shape index (κ3) is 3.38. The molecule has 1 fully saturated rings. The Labute approximate surface area is 155 Å². The number of hydrogen-bond donors (Lipinski definition) is 0. The molecule has 2 aromatic heterocycles. The molecule has 0 unspecified atom stereocenters. The van der Waals surface area contributed by atoms with E-state index in [1.807, 2.05) is 12.1 Å². The summed E-state index contributed by atoms with van der Waals surface area (Å²) in [6.07, 6.45) is 4.85. The molecule has 1 aromatic carbocycles. The van der Waals surface area contributed by atoms with Crippen LogP contribution in [0.5, 0.6) is 0 Å². The molecule has 4 rings (SSSR count). The van der Waals surface area contributed by atoms with Gasteiger partial charge in [-0.1, -0.05) is 29.4 Å². The molecule has 1 aliphatic carbocycles. The summed E-state index contributed by atoms with van der Waals surface area (Å²) in [5.41, 5.74) is 1.40. The number of hydrogen-bond acceptors (Lipinski definition) is 7. The van der Waals surface area contributed by atoms with Gasteiger partial charge in [0.1, 0.15) is 18.2 Å². The van der Waals surface area contributed by atoms with E-state index in [9.17, 15) is 9.59 Å². The lowest BCUT2D eigenvalue weighted by Gasteiger charge is -2.09. The summed E-state index contributed by atoms with van der Waals surface area (Å²) >= 11 is 0. The van der Waals surface area contributed by atoms with Crippen molar-refractivity contribution in [1.29, 1.82) is 0 Å². The summed E-state index contributed by atoms with van der Waals surface area (Å²) in [5, 5.41) is 7.94. The average Bonchev–Trinajstić information content (AvgIpc) is 3.21. The van der Waals surface area contributed by atoms with Gasteiger partial charge in [0, 0.05) is 11.5 Å². The second kappa shape index (κ2) is 7.14. The van der Waals surface area contributed by atoms with E-state index in [1.54, 1.807) is 30.1 Å². The van der Waals surface area contributed by atoms with E-state index in [2.05, 4.69) is 15.2 Å². The summed E-state index contributed by atoms with van der Waals surface area (Å²) in [4.78, 5) is 29.6. The normalized spacial score (nSPS) is 13.5. The van der Waals surface area contributed by atoms with Crippen LogP contribution in [0.15, 0.2) is 41.4 Å². The highest BCUT2D eigenvalue weighted by Gasteiger charge is 2.37. The third-order valence-electron chi connectivity index (χ3n) is 4.42. The maximum Gasteiger partial charge on any atom is 0.361 e. The predicted octanol–water partition coefficient (Wildman–Crippen LogP) is 2.60. The molecule has 1 aliphatic rings. The first kappa shape index (κ1) is 17.1. The fraction of sp³-hybridized carbons (Fsp3) is 0.316. The molecule has 2 heterocycles. The van der Waals surface area contributed by atoms with E-state index in [1.165, 1.54) is 6.33 Å². The SMILES string of the molecule is CCOC(=O)c1noc(C2CC2)c1C(=O)c1ccccc1Cn1cncn1. The van der Waals surface area contributed by atoms with Crippen molar-refractivity contribution < 1.29 is 18.8 Å². The number of rotatable bonds is 7. The summed E-state index contributed by atoms with van der Waals surface area (Å²) in [6, 6.07) is 7.22. The quantitative estimate of drug-likeness (QED) is 0.468. The van der Waals surface area contributed by atoms with Crippen molar-refractivity contribution in [3.63, 3.8) is 0 Å². The van der Waals surface area contributed by atoms with Crippen molar-refractivity contribution in [2.75, 3.05) is 6.61 Å². The molecule has 0 spiro atoms. The molecule has 0 radical (unpaired) electrons. The van der Waals surface area contributed by atoms with Crippen LogP contribution in [0.3, 0.4) is 0 Å². The molecule has 138 valence electrons. The van der Waals surface area contributed by atoms with E-state index in [4.69, 9.17) is 9.26 Å². The zero-order chi connectivity index (χ0) is 18.8. The Hall–Kier alpha value is -3.29. The molecule has 27 heavy (non-hydrogen) atoms. The summed E-state index contributed by atoms with van der Waals surface area (Å²) in [6.45, 7) is 2.29. The van der Waals surface area contributed by atoms with Gasteiger partial charge in [-0.2, -0.15) is 5.10 Å². The molecule has 0 saturated heterocycles. The molecule has 1 saturated carbocycles. The van der Waals surface area contributed by atoms with Crippen molar-refractivity contribution >= 4 is 11.8 Å². The van der Waals surface area contributed by atoms with Crippen LogP contribution in [0.2, 0.25) is 0 Å². The van der Waals surface area contributed by atoms with Crippen LogP contribution >= 0.6 is 0 Å². The minimum Gasteiger partial charge on any atom is -0.461 e. The van der Waals surface area contributed by atoms with E-state index in [0.717, 1.165) is 18.4 Å². The average molecular weight is 366 g/mol. The zero-order valence-electron chi connectivity index (χ0n) is 14.8. The van der Waals surface area contributed by atoms with Gasteiger partial charge in [-0.3, -0.25) is 4.79 Å². The summed E-state index contributed by atoms with van der Waals surface area (Å²) < 4.78 is 12.1. The van der Waals surface area contributed by atoms with Crippen molar-refractivity contribution in [3.8, 4) is 0 Å². The molecule has 0 amide bonds. The van der Waals surface area contributed by atoms with Crippen LogP contribution in [0, 0.1) is 0 Å². The first-order valence-electron chi connectivity index (χ1n) is 8.80. The second-order valence-electron chi connectivity index (χ2n) is 6.34. The maximum atomic E-state index is 13.4. The largest absolute Gasteiger partial charge is 0.461 e. The maximum absolute atomic E-state index is 13.4. The van der Waals surface area contributed by atoms with E-state index in [-0.39, 0.29) is 29.6 Å². The number of ether oxygens (including phenoxy) is 1. The number of carbonyl (C=O) groups is 2.